The standard InChI is InChI=1S/C29H35N3O5S/c1-5-26(27(33)30-21-13-9-10-14-23(21)35-2)38-29-31-22-18-25(37-4)24(36-3)17-20(22)28(34)32(29)16-15-19-11-7-6-8-12-19/h9-11,13-14,17-18,26H,5-8,12,15-16H2,1-4H3,(H,30,33)/t26-/m1/s1. The molecule has 1 aromatic heterocycles. The topological polar surface area (TPSA) is 91.7 Å². The number of hydrogen-bond acceptors (Lipinski definition) is 7. The summed E-state index contributed by atoms with van der Waals surface area (Å²) in [6, 6.07) is 10.7. The van der Waals surface area contributed by atoms with Gasteiger partial charge in [-0.25, -0.2) is 4.98 Å². The van der Waals surface area contributed by atoms with Gasteiger partial charge in [0.2, 0.25) is 5.91 Å². The Morgan fingerprint density at radius 2 is 1.82 bits per heavy atom. The maximum Gasteiger partial charge on any atom is 0.262 e. The van der Waals surface area contributed by atoms with Crippen molar-refractivity contribution in [3.05, 3.63) is 58.4 Å². The van der Waals surface area contributed by atoms with Gasteiger partial charge in [0, 0.05) is 12.6 Å². The van der Waals surface area contributed by atoms with E-state index in [0.717, 1.165) is 19.3 Å². The van der Waals surface area contributed by atoms with Gasteiger partial charge >= 0.3 is 0 Å². The summed E-state index contributed by atoms with van der Waals surface area (Å²) >= 11 is 1.30. The summed E-state index contributed by atoms with van der Waals surface area (Å²) in [5.41, 5.74) is 2.31. The largest absolute Gasteiger partial charge is 0.495 e. The van der Waals surface area contributed by atoms with Crippen LogP contribution in [0.3, 0.4) is 0 Å². The van der Waals surface area contributed by atoms with Gasteiger partial charge in [0.05, 0.1) is 43.2 Å². The summed E-state index contributed by atoms with van der Waals surface area (Å²) in [6.45, 7) is 2.44. The molecule has 0 radical (unpaired) electrons. The number of carbonyl (C=O) groups is 1. The molecule has 9 heteroatoms. The lowest BCUT2D eigenvalue weighted by atomic mass is 9.97. The average molecular weight is 538 g/mol. The predicted octanol–water partition coefficient (Wildman–Crippen LogP) is 5.82. The number of carbonyl (C=O) groups excluding carboxylic acids is 1. The fourth-order valence-electron chi connectivity index (χ4n) is 4.61. The van der Waals surface area contributed by atoms with E-state index in [1.54, 1.807) is 50.2 Å². The van der Waals surface area contributed by atoms with Crippen LogP contribution in [0.5, 0.6) is 17.2 Å². The highest BCUT2D eigenvalue weighted by Gasteiger charge is 2.24. The molecule has 1 amide bonds. The fourth-order valence-corrected chi connectivity index (χ4v) is 5.65. The van der Waals surface area contributed by atoms with Gasteiger partial charge in [-0.05, 0) is 56.7 Å². The number of benzene rings is 2. The SMILES string of the molecule is CC[C@@H](Sc1nc2cc(OC)c(OC)cc2c(=O)n1CCC1=CCCCC1)C(=O)Nc1ccccc1OC. The second kappa shape index (κ2) is 12.9. The Morgan fingerprint density at radius 3 is 2.50 bits per heavy atom. The first-order chi connectivity index (χ1) is 18.5. The summed E-state index contributed by atoms with van der Waals surface area (Å²) in [4.78, 5) is 32.0. The van der Waals surface area contributed by atoms with E-state index < -0.39 is 5.25 Å². The highest BCUT2D eigenvalue weighted by atomic mass is 32.2. The normalized spacial score (nSPS) is 14.1. The van der Waals surface area contributed by atoms with Crippen LogP contribution in [0.2, 0.25) is 0 Å². The Bertz CT molecular complexity index is 1380. The number of rotatable bonds is 11. The van der Waals surface area contributed by atoms with Gasteiger partial charge in [0.15, 0.2) is 16.7 Å². The lowest BCUT2D eigenvalue weighted by molar-refractivity contribution is -0.115. The van der Waals surface area contributed by atoms with Crippen molar-refractivity contribution in [1.29, 1.82) is 0 Å². The van der Waals surface area contributed by atoms with E-state index in [1.165, 1.54) is 30.2 Å². The molecule has 38 heavy (non-hydrogen) atoms. The number of para-hydroxylation sites is 2. The Labute approximate surface area is 227 Å². The number of allylic oxidation sites excluding steroid dienone is 2. The third-order valence-corrected chi connectivity index (χ3v) is 8.10. The average Bonchev–Trinajstić information content (AvgIpc) is 2.95. The number of ether oxygens (including phenoxy) is 3. The van der Waals surface area contributed by atoms with Crippen molar-refractivity contribution in [2.75, 3.05) is 26.6 Å². The molecule has 0 bridgehead atoms. The first-order valence-electron chi connectivity index (χ1n) is 12.9. The number of methoxy groups -OCH3 is 3. The van der Waals surface area contributed by atoms with Gasteiger partial charge < -0.3 is 19.5 Å². The second-order valence-electron chi connectivity index (χ2n) is 9.14. The van der Waals surface area contributed by atoms with Crippen LogP contribution in [0.4, 0.5) is 5.69 Å². The summed E-state index contributed by atoms with van der Waals surface area (Å²) in [6.07, 6.45) is 8.15. The molecular formula is C29H35N3O5S. The predicted molar refractivity (Wildman–Crippen MR) is 152 cm³/mol. The summed E-state index contributed by atoms with van der Waals surface area (Å²) in [7, 11) is 4.66. The van der Waals surface area contributed by atoms with Crippen LogP contribution in [-0.2, 0) is 11.3 Å². The molecule has 1 heterocycles. The Balaban J connectivity index is 1.71. The molecule has 8 nitrogen and oxygen atoms in total. The van der Waals surface area contributed by atoms with E-state index in [9.17, 15) is 9.59 Å². The summed E-state index contributed by atoms with van der Waals surface area (Å²) < 4.78 is 18.0. The number of aromatic nitrogens is 2. The summed E-state index contributed by atoms with van der Waals surface area (Å²) in [5, 5.41) is 3.47. The Hall–Kier alpha value is -3.46. The van der Waals surface area contributed by atoms with Crippen LogP contribution in [0.1, 0.15) is 45.4 Å². The van der Waals surface area contributed by atoms with Crippen LogP contribution >= 0.6 is 11.8 Å². The van der Waals surface area contributed by atoms with Crippen molar-refractivity contribution in [3.8, 4) is 17.2 Å². The van der Waals surface area contributed by atoms with Crippen molar-refractivity contribution in [3.63, 3.8) is 0 Å². The molecule has 0 saturated carbocycles. The first kappa shape index (κ1) is 27.6. The van der Waals surface area contributed by atoms with E-state index in [1.807, 2.05) is 19.1 Å². The molecule has 1 N–H and O–H groups in total. The van der Waals surface area contributed by atoms with Crippen LogP contribution in [0.25, 0.3) is 10.9 Å². The van der Waals surface area contributed by atoms with Crippen LogP contribution in [-0.4, -0.2) is 42.0 Å². The molecule has 3 aromatic rings. The molecule has 2 aromatic carbocycles. The van der Waals surface area contributed by atoms with Crippen LogP contribution in [0, 0.1) is 0 Å². The molecule has 1 aliphatic rings. The smallest absolute Gasteiger partial charge is 0.262 e. The monoisotopic (exact) mass is 537 g/mol. The van der Waals surface area contributed by atoms with E-state index in [2.05, 4.69) is 11.4 Å². The molecule has 0 aliphatic heterocycles. The maximum absolute atomic E-state index is 13.8. The van der Waals surface area contributed by atoms with Gasteiger partial charge in [-0.1, -0.05) is 42.5 Å². The lowest BCUT2D eigenvalue weighted by Gasteiger charge is -2.20. The molecule has 0 spiro atoms. The third kappa shape index (κ3) is 6.15. The number of nitrogens with zero attached hydrogens (tertiary/aromatic N) is 2. The molecule has 4 rings (SSSR count). The minimum Gasteiger partial charge on any atom is -0.495 e. The molecule has 1 atom stereocenters. The summed E-state index contributed by atoms with van der Waals surface area (Å²) in [5.74, 6) is 1.38. The van der Waals surface area contributed by atoms with E-state index >= 15 is 0 Å². The Morgan fingerprint density at radius 1 is 1.08 bits per heavy atom. The van der Waals surface area contributed by atoms with Crippen molar-refractivity contribution in [1.82, 2.24) is 9.55 Å². The van der Waals surface area contributed by atoms with Crippen LogP contribution in [0.15, 0.2) is 58.0 Å². The van der Waals surface area contributed by atoms with Gasteiger partial charge in [-0.2, -0.15) is 0 Å². The maximum atomic E-state index is 13.8. The number of hydrogen-bond donors (Lipinski definition) is 1. The molecule has 0 saturated heterocycles. The van der Waals surface area contributed by atoms with E-state index in [4.69, 9.17) is 19.2 Å². The molecular weight excluding hydrogens is 502 g/mol. The highest BCUT2D eigenvalue weighted by molar-refractivity contribution is 8.00. The van der Waals surface area contributed by atoms with E-state index in [-0.39, 0.29) is 11.5 Å². The van der Waals surface area contributed by atoms with Crippen molar-refractivity contribution < 1.29 is 19.0 Å². The zero-order valence-electron chi connectivity index (χ0n) is 22.4. The molecule has 202 valence electrons. The van der Waals surface area contributed by atoms with Crippen molar-refractivity contribution in [2.45, 2.75) is 62.4 Å². The van der Waals surface area contributed by atoms with Crippen LogP contribution < -0.4 is 25.1 Å². The third-order valence-electron chi connectivity index (χ3n) is 6.74. The fraction of sp³-hybridized carbons (Fsp3) is 0.414. The number of nitrogens with one attached hydrogen (secondary N) is 1. The lowest BCUT2D eigenvalue weighted by Crippen LogP contribution is -2.28. The van der Waals surface area contributed by atoms with Gasteiger partial charge in [0.1, 0.15) is 5.75 Å². The zero-order valence-corrected chi connectivity index (χ0v) is 23.2. The number of amides is 1. The van der Waals surface area contributed by atoms with Crippen molar-refractivity contribution >= 4 is 34.3 Å². The number of anilines is 1. The number of thioether (sulfide) groups is 1. The highest BCUT2D eigenvalue weighted by Crippen LogP contribution is 2.33. The van der Waals surface area contributed by atoms with Crippen molar-refractivity contribution in [2.24, 2.45) is 0 Å². The number of fused-ring (bicyclic) bond motifs is 1. The first-order valence-corrected chi connectivity index (χ1v) is 13.8. The zero-order chi connectivity index (χ0) is 27.1. The molecule has 0 unspecified atom stereocenters. The quantitative estimate of drug-likeness (QED) is 0.187. The van der Waals surface area contributed by atoms with E-state index in [0.29, 0.717) is 52.0 Å². The van der Waals surface area contributed by atoms with Gasteiger partial charge in [0.25, 0.3) is 5.56 Å². The Kier molecular flexibility index (Phi) is 9.33. The minimum absolute atomic E-state index is 0.158. The van der Waals surface area contributed by atoms with Gasteiger partial charge in [-0.3, -0.25) is 14.2 Å². The van der Waals surface area contributed by atoms with Gasteiger partial charge in [-0.15, -0.1) is 0 Å². The molecule has 1 aliphatic carbocycles. The second-order valence-corrected chi connectivity index (χ2v) is 10.3. The minimum atomic E-state index is -0.468. The molecule has 0 fully saturated rings.